The van der Waals surface area contributed by atoms with E-state index in [2.05, 4.69) is 78.0 Å². The summed E-state index contributed by atoms with van der Waals surface area (Å²) in [4.78, 5) is 15.1. The van der Waals surface area contributed by atoms with Gasteiger partial charge in [0.25, 0.3) is 0 Å². The average molecular weight is 429 g/mol. The van der Waals surface area contributed by atoms with E-state index in [0.717, 1.165) is 51.9 Å². The summed E-state index contributed by atoms with van der Waals surface area (Å²) < 4.78 is 8.78. The van der Waals surface area contributed by atoms with E-state index in [4.69, 9.17) is 19.7 Å². The van der Waals surface area contributed by atoms with Crippen LogP contribution in [0, 0.1) is 0 Å². The highest BCUT2D eigenvalue weighted by Gasteiger charge is 2.54. The number of hydrogen-bond acceptors (Lipinski definition) is 4. The van der Waals surface area contributed by atoms with Gasteiger partial charge in [-0.3, -0.25) is 9.38 Å². The molecule has 5 heterocycles. The summed E-state index contributed by atoms with van der Waals surface area (Å²) in [6.07, 6.45) is 4.08. The molecule has 5 heteroatoms. The third kappa shape index (κ3) is 2.52. The van der Waals surface area contributed by atoms with E-state index in [9.17, 15) is 0 Å². The number of ether oxygens (including phenoxy) is 1. The van der Waals surface area contributed by atoms with Gasteiger partial charge in [0, 0.05) is 22.7 Å². The van der Waals surface area contributed by atoms with Crippen molar-refractivity contribution in [3.63, 3.8) is 0 Å². The van der Waals surface area contributed by atoms with Gasteiger partial charge in [0.05, 0.1) is 33.1 Å². The minimum atomic E-state index is -0.211. The zero-order valence-corrected chi connectivity index (χ0v) is 20.4. The first-order valence-electron chi connectivity index (χ1n) is 11.7. The number of benzene rings is 1. The lowest BCUT2D eigenvalue weighted by molar-refractivity contribution is -0.0661. The van der Waals surface area contributed by atoms with Gasteiger partial charge in [-0.25, -0.2) is 9.97 Å². The van der Waals surface area contributed by atoms with Crippen LogP contribution in [0.2, 0.25) is 0 Å². The van der Waals surface area contributed by atoms with Gasteiger partial charge in [-0.15, -0.1) is 0 Å². The van der Waals surface area contributed by atoms with Gasteiger partial charge in [0.2, 0.25) is 0 Å². The molecule has 2 atom stereocenters. The molecule has 1 aromatic carbocycles. The first-order valence-corrected chi connectivity index (χ1v) is 11.7. The second kappa shape index (κ2) is 5.69. The maximum absolute atomic E-state index is 6.52. The zero-order chi connectivity index (χ0) is 22.8. The van der Waals surface area contributed by atoms with Crippen LogP contribution in [0.25, 0.3) is 27.6 Å². The molecule has 6 rings (SSSR count). The van der Waals surface area contributed by atoms with Crippen LogP contribution in [0.15, 0.2) is 24.4 Å². The molecular formula is C27H32N4O. The highest BCUT2D eigenvalue weighted by Crippen LogP contribution is 2.58. The zero-order valence-electron chi connectivity index (χ0n) is 20.4. The number of pyridine rings is 1. The molecule has 0 spiro atoms. The number of aromatic nitrogens is 4. The predicted molar refractivity (Wildman–Crippen MR) is 128 cm³/mol. The van der Waals surface area contributed by atoms with Crippen LogP contribution < -0.4 is 0 Å². The number of imidazole rings is 1. The summed E-state index contributed by atoms with van der Waals surface area (Å²) in [7, 11) is 0. The number of fused-ring (bicyclic) bond motifs is 10. The first kappa shape index (κ1) is 20.1. The third-order valence-corrected chi connectivity index (χ3v) is 7.46. The van der Waals surface area contributed by atoms with E-state index in [0.29, 0.717) is 0 Å². The molecule has 4 aromatic rings. The molecule has 0 amide bonds. The van der Waals surface area contributed by atoms with Gasteiger partial charge >= 0.3 is 0 Å². The van der Waals surface area contributed by atoms with Gasteiger partial charge in [0.1, 0.15) is 11.5 Å². The maximum Gasteiger partial charge on any atom is 0.150 e. The molecule has 0 aliphatic carbocycles. The standard InChI is InChI=1S/C27H32N4O/c1-24(2,3)21-13-18-15(14-28-21)22-29-19-11-16-17(27(8)10-9-26(16,7)32-27)12-20(19)31(22)23(30-18)25(4,5)6/h11-14H,9-10H2,1-8H3. The van der Waals surface area contributed by atoms with Crippen LogP contribution in [-0.4, -0.2) is 19.4 Å². The molecule has 2 unspecified atom stereocenters. The van der Waals surface area contributed by atoms with Gasteiger partial charge in [-0.2, -0.15) is 0 Å². The Bertz CT molecular complexity index is 1450. The molecule has 2 bridgehead atoms. The molecular weight excluding hydrogens is 396 g/mol. The van der Waals surface area contributed by atoms with Crippen LogP contribution in [0.4, 0.5) is 0 Å². The summed E-state index contributed by atoms with van der Waals surface area (Å²) in [5.41, 5.74) is 7.08. The van der Waals surface area contributed by atoms with E-state index < -0.39 is 0 Å². The predicted octanol–water partition coefficient (Wildman–Crippen LogP) is 6.28. The minimum absolute atomic E-state index is 0.0327. The fourth-order valence-electron chi connectivity index (χ4n) is 5.64. The average Bonchev–Trinajstić information content (AvgIpc) is 3.29. The Hall–Kier alpha value is -2.53. The SMILES string of the molecule is CC(C)(C)c1cc2nc(C(C)(C)C)n3c4cc5c(cc4nc3c2cn1)C1(C)CCC5(C)O1. The lowest BCUT2D eigenvalue weighted by atomic mass is 9.78. The highest BCUT2D eigenvalue weighted by molar-refractivity contribution is 5.96. The smallest absolute Gasteiger partial charge is 0.150 e. The first-order chi connectivity index (χ1) is 14.8. The Labute approximate surface area is 189 Å². The lowest BCUT2D eigenvalue weighted by Gasteiger charge is -2.24. The van der Waals surface area contributed by atoms with E-state index in [1.54, 1.807) is 0 Å². The van der Waals surface area contributed by atoms with E-state index in [-0.39, 0.29) is 22.0 Å². The number of nitrogens with zero attached hydrogens (tertiary/aromatic N) is 4. The van der Waals surface area contributed by atoms with Crippen LogP contribution in [0.1, 0.15) is 90.9 Å². The molecule has 1 saturated heterocycles. The number of rotatable bonds is 0. The third-order valence-electron chi connectivity index (χ3n) is 7.46. The molecule has 1 fully saturated rings. The Morgan fingerprint density at radius 2 is 1.50 bits per heavy atom. The van der Waals surface area contributed by atoms with E-state index in [1.807, 2.05) is 6.20 Å². The molecule has 32 heavy (non-hydrogen) atoms. The van der Waals surface area contributed by atoms with Gasteiger partial charge in [-0.05, 0) is 56.0 Å². The highest BCUT2D eigenvalue weighted by atomic mass is 16.5. The van der Waals surface area contributed by atoms with Crippen molar-refractivity contribution in [3.05, 3.63) is 47.0 Å². The Kier molecular flexibility index (Phi) is 3.57. The largest absolute Gasteiger partial charge is 0.360 e. The molecule has 3 aromatic heterocycles. The Balaban J connectivity index is 1.75. The molecule has 0 radical (unpaired) electrons. The second-order valence-corrected chi connectivity index (χ2v) is 12.2. The molecule has 5 nitrogen and oxygen atoms in total. The fraction of sp³-hybridized carbons (Fsp3) is 0.519. The van der Waals surface area contributed by atoms with Gasteiger partial charge in [-0.1, -0.05) is 41.5 Å². The summed E-state index contributed by atoms with van der Waals surface area (Å²) in [5.74, 6) is 1.02. The Morgan fingerprint density at radius 3 is 2.12 bits per heavy atom. The van der Waals surface area contributed by atoms with Crippen molar-refractivity contribution in [1.82, 2.24) is 19.4 Å². The van der Waals surface area contributed by atoms with Crippen LogP contribution in [-0.2, 0) is 26.8 Å². The van der Waals surface area contributed by atoms with Gasteiger partial charge < -0.3 is 4.74 Å². The second-order valence-electron chi connectivity index (χ2n) is 12.2. The topological polar surface area (TPSA) is 52.3 Å². The molecule has 166 valence electrons. The summed E-state index contributed by atoms with van der Waals surface area (Å²) >= 11 is 0. The van der Waals surface area contributed by atoms with Gasteiger partial charge in [0.15, 0.2) is 0 Å². The number of hydrogen-bond donors (Lipinski definition) is 0. The van der Waals surface area contributed by atoms with Crippen molar-refractivity contribution in [2.75, 3.05) is 0 Å². The quantitative estimate of drug-likeness (QED) is 0.331. The van der Waals surface area contributed by atoms with E-state index in [1.165, 1.54) is 11.1 Å². The molecule has 2 aliphatic rings. The van der Waals surface area contributed by atoms with Crippen molar-refractivity contribution >= 4 is 27.6 Å². The maximum atomic E-state index is 6.52. The normalized spacial score (nSPS) is 25.4. The van der Waals surface area contributed by atoms with Crippen LogP contribution >= 0.6 is 0 Å². The van der Waals surface area contributed by atoms with Crippen LogP contribution in [0.5, 0.6) is 0 Å². The molecule has 2 aliphatic heterocycles. The van der Waals surface area contributed by atoms with Crippen LogP contribution in [0.3, 0.4) is 0 Å². The van der Waals surface area contributed by atoms with Crippen molar-refractivity contribution in [2.24, 2.45) is 0 Å². The van der Waals surface area contributed by atoms with Crippen molar-refractivity contribution in [1.29, 1.82) is 0 Å². The fourth-order valence-corrected chi connectivity index (χ4v) is 5.64. The van der Waals surface area contributed by atoms with Crippen molar-refractivity contribution in [3.8, 4) is 0 Å². The Morgan fingerprint density at radius 1 is 0.844 bits per heavy atom. The summed E-state index contributed by atoms with van der Waals surface area (Å²) in [6.45, 7) is 17.7. The monoisotopic (exact) mass is 428 g/mol. The molecule has 0 N–H and O–H groups in total. The lowest BCUT2D eigenvalue weighted by Crippen LogP contribution is -2.20. The molecule has 0 saturated carbocycles. The summed E-state index contributed by atoms with van der Waals surface area (Å²) in [6, 6.07) is 6.71. The van der Waals surface area contributed by atoms with E-state index >= 15 is 0 Å². The minimum Gasteiger partial charge on any atom is -0.360 e. The van der Waals surface area contributed by atoms with Crippen molar-refractivity contribution in [2.45, 2.75) is 90.3 Å². The summed E-state index contributed by atoms with van der Waals surface area (Å²) in [5, 5.41) is 0.999. The van der Waals surface area contributed by atoms with Crippen molar-refractivity contribution < 1.29 is 4.74 Å².